The lowest BCUT2D eigenvalue weighted by atomic mass is 9.62. The fourth-order valence-corrected chi connectivity index (χ4v) is 3.92. The average molecular weight is 311 g/mol. The Bertz CT molecular complexity index is 426. The molecule has 1 aromatic rings. The van der Waals surface area contributed by atoms with E-state index in [0.29, 0.717) is 6.61 Å². The maximum Gasteiger partial charge on any atom is 0.0721 e. The molecule has 2 aliphatic carbocycles. The van der Waals surface area contributed by atoms with Crippen LogP contribution in [0.2, 0.25) is 0 Å². The Hall–Kier alpha value is -0.380. The summed E-state index contributed by atoms with van der Waals surface area (Å²) in [6, 6.07) is 8.23. The Morgan fingerprint density at radius 3 is 2.78 bits per heavy atom. The topological polar surface area (TPSA) is 29.5 Å². The summed E-state index contributed by atoms with van der Waals surface area (Å²) in [5.41, 5.74) is 1.28. The zero-order chi connectivity index (χ0) is 12.6. The molecule has 2 saturated carbocycles. The minimum atomic E-state index is -0.132. The Morgan fingerprint density at radius 1 is 1.33 bits per heavy atom. The van der Waals surface area contributed by atoms with Crippen molar-refractivity contribution in [2.24, 2.45) is 5.41 Å². The maximum absolute atomic E-state index is 10.0. The third kappa shape index (κ3) is 2.13. The molecule has 2 fully saturated rings. The third-order valence-corrected chi connectivity index (χ3v) is 5.11. The summed E-state index contributed by atoms with van der Waals surface area (Å²) >= 11 is 3.47. The highest BCUT2D eigenvalue weighted by Gasteiger charge is 2.56. The summed E-state index contributed by atoms with van der Waals surface area (Å²) in [5, 5.41) is 10.0. The molecule has 1 spiro atoms. The quantitative estimate of drug-likeness (QED) is 0.923. The van der Waals surface area contributed by atoms with Gasteiger partial charge in [0.05, 0.1) is 18.8 Å². The summed E-state index contributed by atoms with van der Waals surface area (Å²) in [7, 11) is 0. The van der Waals surface area contributed by atoms with Crippen LogP contribution >= 0.6 is 15.9 Å². The minimum absolute atomic E-state index is 0.0893. The molecular weight excluding hydrogens is 292 g/mol. The lowest BCUT2D eigenvalue weighted by Crippen LogP contribution is -2.56. The Labute approximate surface area is 116 Å². The molecule has 0 bridgehead atoms. The van der Waals surface area contributed by atoms with Gasteiger partial charge in [0, 0.05) is 16.3 Å². The molecule has 0 aromatic heterocycles. The molecule has 0 aliphatic heterocycles. The van der Waals surface area contributed by atoms with Gasteiger partial charge in [-0.15, -0.1) is 0 Å². The number of benzene rings is 1. The summed E-state index contributed by atoms with van der Waals surface area (Å²) < 4.78 is 7.14. The fourth-order valence-electron chi connectivity index (χ4n) is 3.47. The zero-order valence-electron chi connectivity index (χ0n) is 10.4. The van der Waals surface area contributed by atoms with Crippen LogP contribution in [0.1, 0.15) is 37.7 Å². The molecule has 1 N–H and O–H groups in total. The summed E-state index contributed by atoms with van der Waals surface area (Å²) in [4.78, 5) is 0. The third-order valence-electron chi connectivity index (χ3n) is 4.62. The first-order valence-corrected chi connectivity index (χ1v) is 7.54. The van der Waals surface area contributed by atoms with Crippen molar-refractivity contribution in [1.82, 2.24) is 0 Å². The smallest absolute Gasteiger partial charge is 0.0721 e. The molecule has 18 heavy (non-hydrogen) atoms. The van der Waals surface area contributed by atoms with Crippen LogP contribution in [0.15, 0.2) is 28.7 Å². The predicted octanol–water partition coefficient (Wildman–Crippen LogP) is 3.66. The van der Waals surface area contributed by atoms with Crippen LogP contribution in [-0.4, -0.2) is 17.3 Å². The molecule has 2 atom stereocenters. The van der Waals surface area contributed by atoms with E-state index in [9.17, 15) is 5.11 Å². The monoisotopic (exact) mass is 310 g/mol. The minimum Gasteiger partial charge on any atom is -0.392 e. The van der Waals surface area contributed by atoms with Crippen molar-refractivity contribution in [1.29, 1.82) is 0 Å². The molecule has 3 heteroatoms. The van der Waals surface area contributed by atoms with E-state index in [1.807, 2.05) is 12.1 Å². The highest BCUT2D eigenvalue weighted by Crippen LogP contribution is 2.54. The number of hydrogen-bond donors (Lipinski definition) is 1. The highest BCUT2D eigenvalue weighted by atomic mass is 79.9. The van der Waals surface area contributed by atoms with Crippen molar-refractivity contribution in [2.75, 3.05) is 0 Å². The van der Waals surface area contributed by atoms with Crippen LogP contribution in [0, 0.1) is 5.41 Å². The van der Waals surface area contributed by atoms with E-state index in [2.05, 4.69) is 28.1 Å². The van der Waals surface area contributed by atoms with Gasteiger partial charge in [-0.2, -0.15) is 0 Å². The maximum atomic E-state index is 10.0. The van der Waals surface area contributed by atoms with Gasteiger partial charge in [-0.1, -0.05) is 40.9 Å². The van der Waals surface area contributed by atoms with E-state index >= 15 is 0 Å². The van der Waals surface area contributed by atoms with E-state index in [-0.39, 0.29) is 17.6 Å². The highest BCUT2D eigenvalue weighted by molar-refractivity contribution is 9.10. The lowest BCUT2D eigenvalue weighted by Gasteiger charge is -2.51. The number of halogens is 1. The van der Waals surface area contributed by atoms with Gasteiger partial charge in [0.15, 0.2) is 0 Å². The average Bonchev–Trinajstić information content (AvgIpc) is 2.86. The number of aliphatic hydroxyl groups excluding tert-OH is 1. The Morgan fingerprint density at radius 2 is 2.11 bits per heavy atom. The number of hydrogen-bond acceptors (Lipinski definition) is 2. The van der Waals surface area contributed by atoms with Gasteiger partial charge in [0.25, 0.3) is 0 Å². The second-order valence-electron chi connectivity index (χ2n) is 5.62. The van der Waals surface area contributed by atoms with Crippen molar-refractivity contribution in [2.45, 2.75) is 50.9 Å². The molecule has 2 nitrogen and oxygen atoms in total. The van der Waals surface area contributed by atoms with Gasteiger partial charge in [0.1, 0.15) is 0 Å². The first-order chi connectivity index (χ1) is 8.71. The Balaban J connectivity index is 1.61. The largest absolute Gasteiger partial charge is 0.392 e. The summed E-state index contributed by atoms with van der Waals surface area (Å²) in [6.07, 6.45) is 5.70. The number of aliphatic hydroxyl groups is 1. The first-order valence-electron chi connectivity index (χ1n) is 6.75. The molecule has 0 saturated heterocycles. The summed E-state index contributed by atoms with van der Waals surface area (Å²) in [6.45, 7) is 0.651. The van der Waals surface area contributed by atoms with E-state index in [1.165, 1.54) is 18.4 Å². The van der Waals surface area contributed by atoms with Crippen LogP contribution in [0.3, 0.4) is 0 Å². The van der Waals surface area contributed by atoms with Crippen molar-refractivity contribution in [3.8, 4) is 0 Å². The second kappa shape index (κ2) is 4.95. The van der Waals surface area contributed by atoms with Crippen molar-refractivity contribution < 1.29 is 9.84 Å². The van der Waals surface area contributed by atoms with Crippen molar-refractivity contribution in [3.05, 3.63) is 34.3 Å². The number of ether oxygens (including phenoxy) is 1. The van der Waals surface area contributed by atoms with Crippen LogP contribution in [0.4, 0.5) is 0 Å². The van der Waals surface area contributed by atoms with Crippen LogP contribution in [-0.2, 0) is 11.3 Å². The normalized spacial score (nSPS) is 29.4. The van der Waals surface area contributed by atoms with E-state index in [0.717, 1.165) is 23.7 Å². The fraction of sp³-hybridized carbons (Fsp3) is 0.600. The molecule has 3 rings (SSSR count). The molecule has 98 valence electrons. The van der Waals surface area contributed by atoms with Gasteiger partial charge in [-0.25, -0.2) is 0 Å². The van der Waals surface area contributed by atoms with Crippen molar-refractivity contribution in [3.63, 3.8) is 0 Å². The van der Waals surface area contributed by atoms with E-state index < -0.39 is 0 Å². The van der Waals surface area contributed by atoms with Crippen LogP contribution in [0.25, 0.3) is 0 Å². The standard InChI is InChI=1S/C15H19BrO2/c16-12-5-3-4-11(8-12)10-18-14-9-13(17)15(14)6-1-2-7-15/h3-5,8,13-14,17H,1-2,6-7,9-10H2. The van der Waals surface area contributed by atoms with Crippen LogP contribution < -0.4 is 0 Å². The molecule has 2 unspecified atom stereocenters. The SMILES string of the molecule is OC1CC(OCc2cccc(Br)c2)C12CCCC2. The molecule has 0 heterocycles. The molecule has 0 amide bonds. The van der Waals surface area contributed by atoms with E-state index in [1.54, 1.807) is 0 Å². The van der Waals surface area contributed by atoms with Gasteiger partial charge >= 0.3 is 0 Å². The molecule has 0 radical (unpaired) electrons. The summed E-state index contributed by atoms with van der Waals surface area (Å²) in [5.74, 6) is 0. The van der Waals surface area contributed by atoms with E-state index in [4.69, 9.17) is 4.74 Å². The molecule has 2 aliphatic rings. The Kier molecular flexibility index (Phi) is 3.48. The van der Waals surface area contributed by atoms with Crippen molar-refractivity contribution >= 4 is 15.9 Å². The van der Waals surface area contributed by atoms with Crippen LogP contribution in [0.5, 0.6) is 0 Å². The first kappa shape index (κ1) is 12.6. The van der Waals surface area contributed by atoms with Gasteiger partial charge in [0.2, 0.25) is 0 Å². The molecular formula is C15H19BrO2. The second-order valence-corrected chi connectivity index (χ2v) is 6.54. The van der Waals surface area contributed by atoms with Gasteiger partial charge in [-0.05, 0) is 30.5 Å². The number of rotatable bonds is 3. The lowest BCUT2D eigenvalue weighted by molar-refractivity contribution is -0.194. The zero-order valence-corrected chi connectivity index (χ0v) is 12.0. The molecule has 1 aromatic carbocycles. The van der Waals surface area contributed by atoms with Gasteiger partial charge in [-0.3, -0.25) is 0 Å². The predicted molar refractivity (Wildman–Crippen MR) is 74.2 cm³/mol. The van der Waals surface area contributed by atoms with Gasteiger partial charge < -0.3 is 9.84 Å².